The third-order valence-corrected chi connectivity index (χ3v) is 3.90. The maximum absolute atomic E-state index is 5.76. The standard InChI is InChI=1S/C16H25NO2/c17-12-14-6-4-7-15(14)13-18-10-5-11-19-16-8-2-1-3-9-16/h1-3,8-9,14-15H,4-7,10-13,17H2. The van der Waals surface area contributed by atoms with Crippen molar-refractivity contribution in [1.82, 2.24) is 0 Å². The van der Waals surface area contributed by atoms with Crippen molar-refractivity contribution in [1.29, 1.82) is 0 Å². The zero-order valence-electron chi connectivity index (χ0n) is 11.6. The summed E-state index contributed by atoms with van der Waals surface area (Å²) in [5.74, 6) is 2.29. The molecule has 1 aromatic rings. The van der Waals surface area contributed by atoms with Gasteiger partial charge in [0.2, 0.25) is 0 Å². The van der Waals surface area contributed by atoms with Crippen LogP contribution >= 0.6 is 0 Å². The highest BCUT2D eigenvalue weighted by Crippen LogP contribution is 2.30. The zero-order valence-corrected chi connectivity index (χ0v) is 11.6. The van der Waals surface area contributed by atoms with Crippen LogP contribution in [0.3, 0.4) is 0 Å². The molecule has 0 aliphatic heterocycles. The summed E-state index contributed by atoms with van der Waals surface area (Å²) in [6.45, 7) is 3.17. The summed E-state index contributed by atoms with van der Waals surface area (Å²) < 4.78 is 11.4. The fourth-order valence-electron chi connectivity index (χ4n) is 2.75. The van der Waals surface area contributed by atoms with Gasteiger partial charge in [-0.05, 0) is 43.4 Å². The van der Waals surface area contributed by atoms with E-state index in [1.54, 1.807) is 0 Å². The van der Waals surface area contributed by atoms with Crippen molar-refractivity contribution < 1.29 is 9.47 Å². The van der Waals surface area contributed by atoms with E-state index in [0.29, 0.717) is 11.8 Å². The van der Waals surface area contributed by atoms with E-state index < -0.39 is 0 Å². The molecule has 1 aliphatic carbocycles. The second-order valence-corrected chi connectivity index (χ2v) is 5.28. The highest BCUT2D eigenvalue weighted by molar-refractivity contribution is 5.20. The highest BCUT2D eigenvalue weighted by Gasteiger charge is 2.25. The minimum Gasteiger partial charge on any atom is -0.494 e. The van der Waals surface area contributed by atoms with Crippen LogP contribution in [-0.4, -0.2) is 26.4 Å². The van der Waals surface area contributed by atoms with Crippen molar-refractivity contribution in [3.8, 4) is 5.75 Å². The summed E-state index contributed by atoms with van der Waals surface area (Å²) in [6.07, 6.45) is 4.81. The van der Waals surface area contributed by atoms with Gasteiger partial charge in [0.15, 0.2) is 0 Å². The van der Waals surface area contributed by atoms with Gasteiger partial charge in [0.25, 0.3) is 0 Å². The molecule has 2 rings (SSSR count). The third-order valence-electron chi connectivity index (χ3n) is 3.90. The molecule has 0 saturated heterocycles. The molecular weight excluding hydrogens is 238 g/mol. The maximum atomic E-state index is 5.76. The van der Waals surface area contributed by atoms with Gasteiger partial charge in [-0.1, -0.05) is 24.6 Å². The lowest BCUT2D eigenvalue weighted by Crippen LogP contribution is -2.22. The zero-order chi connectivity index (χ0) is 13.3. The molecule has 2 atom stereocenters. The molecule has 0 radical (unpaired) electrons. The maximum Gasteiger partial charge on any atom is 0.119 e. The molecule has 2 N–H and O–H groups in total. The van der Waals surface area contributed by atoms with Crippen LogP contribution in [0, 0.1) is 11.8 Å². The van der Waals surface area contributed by atoms with Crippen LogP contribution in [0.5, 0.6) is 5.75 Å². The minimum atomic E-state index is 0.681. The molecule has 106 valence electrons. The predicted octanol–water partition coefficient (Wildman–Crippen LogP) is 2.85. The first-order valence-electron chi connectivity index (χ1n) is 7.36. The number of hydrogen-bond acceptors (Lipinski definition) is 3. The summed E-state index contributed by atoms with van der Waals surface area (Å²) >= 11 is 0. The van der Waals surface area contributed by atoms with E-state index in [-0.39, 0.29) is 0 Å². The fourth-order valence-corrected chi connectivity index (χ4v) is 2.75. The largest absolute Gasteiger partial charge is 0.494 e. The van der Waals surface area contributed by atoms with E-state index >= 15 is 0 Å². The molecule has 1 aromatic carbocycles. The smallest absolute Gasteiger partial charge is 0.119 e. The van der Waals surface area contributed by atoms with E-state index in [4.69, 9.17) is 15.2 Å². The molecule has 1 saturated carbocycles. The lowest BCUT2D eigenvalue weighted by atomic mass is 9.97. The summed E-state index contributed by atoms with van der Waals surface area (Å²) in [5.41, 5.74) is 5.76. The molecular formula is C16H25NO2. The highest BCUT2D eigenvalue weighted by atomic mass is 16.5. The van der Waals surface area contributed by atoms with Crippen molar-refractivity contribution in [2.75, 3.05) is 26.4 Å². The van der Waals surface area contributed by atoms with Crippen molar-refractivity contribution >= 4 is 0 Å². The number of nitrogens with two attached hydrogens (primary N) is 1. The van der Waals surface area contributed by atoms with E-state index in [0.717, 1.165) is 38.5 Å². The first-order chi connectivity index (χ1) is 9.40. The Bertz CT molecular complexity index is 342. The number of para-hydroxylation sites is 1. The fraction of sp³-hybridized carbons (Fsp3) is 0.625. The second kappa shape index (κ2) is 8.18. The molecule has 1 aliphatic rings. The minimum absolute atomic E-state index is 0.681. The van der Waals surface area contributed by atoms with Crippen molar-refractivity contribution in [2.45, 2.75) is 25.7 Å². The average molecular weight is 263 g/mol. The average Bonchev–Trinajstić information content (AvgIpc) is 2.91. The summed E-state index contributed by atoms with van der Waals surface area (Å²) in [7, 11) is 0. The van der Waals surface area contributed by atoms with Crippen LogP contribution in [0.25, 0.3) is 0 Å². The van der Waals surface area contributed by atoms with Crippen molar-refractivity contribution in [3.63, 3.8) is 0 Å². The Balaban J connectivity index is 1.50. The van der Waals surface area contributed by atoms with E-state index in [1.165, 1.54) is 19.3 Å². The number of ether oxygens (including phenoxy) is 2. The molecule has 3 nitrogen and oxygen atoms in total. The van der Waals surface area contributed by atoms with Crippen molar-refractivity contribution in [2.24, 2.45) is 17.6 Å². The van der Waals surface area contributed by atoms with Gasteiger partial charge >= 0.3 is 0 Å². The molecule has 0 spiro atoms. The van der Waals surface area contributed by atoms with Gasteiger partial charge in [0.05, 0.1) is 6.61 Å². The van der Waals surface area contributed by atoms with Crippen molar-refractivity contribution in [3.05, 3.63) is 30.3 Å². The first kappa shape index (κ1) is 14.4. The molecule has 0 aromatic heterocycles. The molecule has 0 heterocycles. The van der Waals surface area contributed by atoms with Crippen LogP contribution in [0.15, 0.2) is 30.3 Å². The van der Waals surface area contributed by atoms with Crippen LogP contribution in [-0.2, 0) is 4.74 Å². The van der Waals surface area contributed by atoms with Gasteiger partial charge in [-0.3, -0.25) is 0 Å². The van der Waals surface area contributed by atoms with Gasteiger partial charge in [-0.25, -0.2) is 0 Å². The van der Waals surface area contributed by atoms with Gasteiger partial charge in [0.1, 0.15) is 5.75 Å². The Kier molecular flexibility index (Phi) is 6.18. The van der Waals surface area contributed by atoms with Crippen LogP contribution < -0.4 is 10.5 Å². The Morgan fingerprint density at radius 1 is 1.05 bits per heavy atom. The second-order valence-electron chi connectivity index (χ2n) is 5.28. The Labute approximate surface area is 116 Å². The first-order valence-corrected chi connectivity index (χ1v) is 7.36. The van der Waals surface area contributed by atoms with Crippen LogP contribution in [0.2, 0.25) is 0 Å². The topological polar surface area (TPSA) is 44.5 Å². The SMILES string of the molecule is NCC1CCCC1COCCCOc1ccccc1. The molecule has 0 amide bonds. The monoisotopic (exact) mass is 263 g/mol. The Morgan fingerprint density at radius 3 is 2.63 bits per heavy atom. The lowest BCUT2D eigenvalue weighted by Gasteiger charge is -2.17. The van der Waals surface area contributed by atoms with Gasteiger partial charge in [-0.2, -0.15) is 0 Å². The van der Waals surface area contributed by atoms with Crippen LogP contribution in [0.1, 0.15) is 25.7 Å². The Hall–Kier alpha value is -1.06. The molecule has 1 fully saturated rings. The Morgan fingerprint density at radius 2 is 1.84 bits per heavy atom. The predicted molar refractivity (Wildman–Crippen MR) is 77.3 cm³/mol. The van der Waals surface area contributed by atoms with Gasteiger partial charge in [-0.15, -0.1) is 0 Å². The molecule has 3 heteroatoms. The quantitative estimate of drug-likeness (QED) is 0.733. The van der Waals surface area contributed by atoms with Gasteiger partial charge in [0, 0.05) is 19.6 Å². The lowest BCUT2D eigenvalue weighted by molar-refractivity contribution is 0.0780. The van der Waals surface area contributed by atoms with E-state index in [2.05, 4.69) is 0 Å². The molecule has 19 heavy (non-hydrogen) atoms. The number of rotatable bonds is 8. The number of hydrogen-bond donors (Lipinski definition) is 1. The van der Waals surface area contributed by atoms with E-state index in [9.17, 15) is 0 Å². The third kappa shape index (κ3) is 4.84. The van der Waals surface area contributed by atoms with Gasteiger partial charge < -0.3 is 15.2 Å². The molecule has 2 unspecified atom stereocenters. The summed E-state index contributed by atoms with van der Waals surface area (Å²) in [6, 6.07) is 9.92. The summed E-state index contributed by atoms with van der Waals surface area (Å²) in [4.78, 5) is 0. The number of benzene rings is 1. The summed E-state index contributed by atoms with van der Waals surface area (Å²) in [5, 5.41) is 0. The normalized spacial score (nSPS) is 22.6. The van der Waals surface area contributed by atoms with Crippen LogP contribution in [0.4, 0.5) is 0 Å². The molecule has 0 bridgehead atoms. The van der Waals surface area contributed by atoms with E-state index in [1.807, 2.05) is 30.3 Å².